The molecule has 0 amide bonds. The zero-order valence-corrected chi connectivity index (χ0v) is 19.9. The Labute approximate surface area is 198 Å². The van der Waals surface area contributed by atoms with Crippen molar-refractivity contribution in [3.8, 4) is 27.6 Å². The van der Waals surface area contributed by atoms with Gasteiger partial charge in [-0.3, -0.25) is 9.89 Å². The highest BCUT2D eigenvalue weighted by Crippen LogP contribution is 2.31. The quantitative estimate of drug-likeness (QED) is 0.287. The van der Waals surface area contributed by atoms with E-state index >= 15 is 0 Å². The summed E-state index contributed by atoms with van der Waals surface area (Å²) in [5, 5.41) is 14.8. The zero-order chi connectivity index (χ0) is 22.9. The second kappa shape index (κ2) is 8.68. The van der Waals surface area contributed by atoms with Crippen LogP contribution in [-0.4, -0.2) is 19.7 Å². The molecule has 2 aromatic carbocycles. The van der Waals surface area contributed by atoms with Crippen molar-refractivity contribution in [2.45, 2.75) is 20.8 Å². The summed E-state index contributed by atoms with van der Waals surface area (Å²) < 4.78 is 1.43. The third kappa shape index (κ3) is 4.20. The molecular formula is C24H20N6OS2. The number of nitrogens with zero attached hydrogens (tertiary/aromatic N) is 5. The first-order chi connectivity index (χ1) is 16.0. The van der Waals surface area contributed by atoms with Crippen LogP contribution in [0.4, 0.5) is 10.8 Å². The Bertz CT molecular complexity index is 1490. The Hall–Kier alpha value is -3.69. The zero-order valence-electron chi connectivity index (χ0n) is 18.2. The molecule has 5 rings (SSSR count). The Morgan fingerprint density at radius 3 is 2.36 bits per heavy atom. The molecule has 0 saturated carbocycles. The minimum Gasteiger partial charge on any atom is -0.286 e. The molecule has 0 unspecified atom stereocenters. The summed E-state index contributed by atoms with van der Waals surface area (Å²) in [4.78, 5) is 23.5. The van der Waals surface area contributed by atoms with Crippen molar-refractivity contribution in [1.82, 2.24) is 19.7 Å². The van der Waals surface area contributed by atoms with Crippen LogP contribution >= 0.6 is 22.7 Å². The Morgan fingerprint density at radius 1 is 0.909 bits per heavy atom. The topological polar surface area (TPSA) is 88.3 Å². The number of H-pyrrole nitrogens is 1. The number of aromatic nitrogens is 4. The monoisotopic (exact) mass is 472 g/mol. The van der Waals surface area contributed by atoms with E-state index < -0.39 is 0 Å². The van der Waals surface area contributed by atoms with Crippen LogP contribution in [0.2, 0.25) is 0 Å². The molecule has 0 bridgehead atoms. The van der Waals surface area contributed by atoms with E-state index in [2.05, 4.69) is 25.3 Å². The molecule has 0 fully saturated rings. The maximum atomic E-state index is 13.4. The van der Waals surface area contributed by atoms with Crippen molar-refractivity contribution in [2.75, 3.05) is 0 Å². The SMILES string of the molecule is Cc1ccc(-c2[nH]n(-c3nc(-c4ccccc4)cs3)c(=O)c2N=Nc2nc(C)c(C)s2)cc1. The number of aryl methyl sites for hydroxylation is 3. The second-order valence-corrected chi connectivity index (χ2v) is 9.58. The van der Waals surface area contributed by atoms with E-state index in [1.807, 2.05) is 80.7 Å². The van der Waals surface area contributed by atoms with E-state index in [0.29, 0.717) is 16.0 Å². The third-order valence-corrected chi connectivity index (χ3v) is 6.99. The molecule has 0 aliphatic carbocycles. The number of rotatable bonds is 5. The lowest BCUT2D eigenvalue weighted by Crippen LogP contribution is -2.13. The molecule has 9 heteroatoms. The van der Waals surface area contributed by atoms with Gasteiger partial charge in [-0.1, -0.05) is 71.5 Å². The molecular weight excluding hydrogens is 452 g/mol. The molecule has 1 N–H and O–H groups in total. The van der Waals surface area contributed by atoms with Crippen LogP contribution in [0.15, 0.2) is 75.0 Å². The normalized spacial score (nSPS) is 11.5. The van der Waals surface area contributed by atoms with Crippen LogP contribution in [0.25, 0.3) is 27.6 Å². The fourth-order valence-corrected chi connectivity index (χ4v) is 4.80. The Kier molecular flexibility index (Phi) is 5.57. The highest BCUT2D eigenvalue weighted by molar-refractivity contribution is 7.15. The molecule has 0 spiro atoms. The molecule has 0 aliphatic rings. The summed E-state index contributed by atoms with van der Waals surface area (Å²) in [6.45, 7) is 5.94. The average molecular weight is 473 g/mol. The van der Waals surface area contributed by atoms with Gasteiger partial charge in [-0.2, -0.15) is 4.68 Å². The number of thiazole rings is 2. The molecule has 164 valence electrons. The molecule has 33 heavy (non-hydrogen) atoms. The lowest BCUT2D eigenvalue weighted by Gasteiger charge is -2.00. The van der Waals surface area contributed by atoms with Gasteiger partial charge >= 0.3 is 5.56 Å². The van der Waals surface area contributed by atoms with Crippen molar-refractivity contribution in [2.24, 2.45) is 10.2 Å². The third-order valence-electron chi connectivity index (χ3n) is 5.21. The van der Waals surface area contributed by atoms with E-state index in [1.165, 1.54) is 27.4 Å². The van der Waals surface area contributed by atoms with Gasteiger partial charge in [0.1, 0.15) is 0 Å². The van der Waals surface area contributed by atoms with Crippen molar-refractivity contribution in [3.05, 3.63) is 86.5 Å². The summed E-state index contributed by atoms with van der Waals surface area (Å²) in [7, 11) is 0. The number of nitrogens with one attached hydrogen (secondary N) is 1. The van der Waals surface area contributed by atoms with Crippen molar-refractivity contribution in [3.63, 3.8) is 0 Å². The summed E-state index contributed by atoms with van der Waals surface area (Å²) in [6, 6.07) is 17.8. The van der Waals surface area contributed by atoms with Gasteiger partial charge in [0.15, 0.2) is 5.69 Å². The maximum absolute atomic E-state index is 13.4. The van der Waals surface area contributed by atoms with Gasteiger partial charge in [-0.25, -0.2) is 9.97 Å². The van der Waals surface area contributed by atoms with Crippen LogP contribution < -0.4 is 5.56 Å². The van der Waals surface area contributed by atoms with E-state index in [0.717, 1.165) is 33.0 Å². The van der Waals surface area contributed by atoms with Gasteiger partial charge in [0.25, 0.3) is 0 Å². The molecule has 5 aromatic rings. The molecule has 0 saturated heterocycles. The van der Waals surface area contributed by atoms with Gasteiger partial charge in [-0.05, 0) is 20.8 Å². The average Bonchev–Trinajstić information content (AvgIpc) is 3.51. The number of aromatic amines is 1. The maximum Gasteiger partial charge on any atom is 0.301 e. The van der Waals surface area contributed by atoms with Crippen LogP contribution in [0.1, 0.15) is 16.1 Å². The van der Waals surface area contributed by atoms with Crippen molar-refractivity contribution < 1.29 is 0 Å². The van der Waals surface area contributed by atoms with Crippen molar-refractivity contribution >= 4 is 33.5 Å². The van der Waals surface area contributed by atoms with Crippen molar-refractivity contribution in [1.29, 1.82) is 0 Å². The Balaban J connectivity index is 1.61. The first-order valence-electron chi connectivity index (χ1n) is 10.3. The largest absolute Gasteiger partial charge is 0.301 e. The van der Waals surface area contributed by atoms with E-state index in [1.54, 1.807) is 0 Å². The van der Waals surface area contributed by atoms with Crippen LogP contribution in [-0.2, 0) is 0 Å². The van der Waals surface area contributed by atoms with Crippen LogP contribution in [0, 0.1) is 20.8 Å². The summed E-state index contributed by atoms with van der Waals surface area (Å²) in [6.07, 6.45) is 0. The highest BCUT2D eigenvalue weighted by atomic mass is 32.1. The Morgan fingerprint density at radius 2 is 1.67 bits per heavy atom. The number of hydrogen-bond donors (Lipinski definition) is 1. The van der Waals surface area contributed by atoms with Crippen LogP contribution in [0.3, 0.4) is 0 Å². The minimum atomic E-state index is -0.312. The predicted molar refractivity (Wildman–Crippen MR) is 133 cm³/mol. The van der Waals surface area contributed by atoms with Gasteiger partial charge in [0.2, 0.25) is 10.3 Å². The second-order valence-electron chi connectivity index (χ2n) is 7.56. The first-order valence-corrected chi connectivity index (χ1v) is 12.0. The van der Waals surface area contributed by atoms with Gasteiger partial charge < -0.3 is 0 Å². The summed E-state index contributed by atoms with van der Waals surface area (Å²) >= 11 is 2.84. The lowest BCUT2D eigenvalue weighted by atomic mass is 10.1. The van der Waals surface area contributed by atoms with E-state index in [9.17, 15) is 4.79 Å². The standard InChI is InChI=1S/C24H20N6OS2/c1-14-9-11-18(12-10-14)20-21(27-28-23-25-15(2)16(3)33-23)22(31)30(29-20)24-26-19(13-32-24)17-7-5-4-6-8-17/h4-13,29H,1-3H3. The fourth-order valence-electron chi connectivity index (χ4n) is 3.28. The molecule has 0 aliphatic heterocycles. The van der Waals surface area contributed by atoms with E-state index in [-0.39, 0.29) is 11.2 Å². The smallest absolute Gasteiger partial charge is 0.286 e. The lowest BCUT2D eigenvalue weighted by molar-refractivity contribution is 0.843. The van der Waals surface area contributed by atoms with E-state index in [4.69, 9.17) is 0 Å². The summed E-state index contributed by atoms with van der Waals surface area (Å²) in [5.74, 6) is 0. The minimum absolute atomic E-state index is 0.223. The number of benzene rings is 2. The first kappa shape index (κ1) is 21.2. The van der Waals surface area contributed by atoms with Gasteiger partial charge in [-0.15, -0.1) is 21.6 Å². The molecule has 0 radical (unpaired) electrons. The van der Waals surface area contributed by atoms with Gasteiger partial charge in [0.05, 0.1) is 17.1 Å². The number of hydrogen-bond acceptors (Lipinski definition) is 7. The molecule has 3 heterocycles. The molecule has 0 atom stereocenters. The molecule has 7 nitrogen and oxygen atoms in total. The molecule has 3 aromatic heterocycles. The van der Waals surface area contributed by atoms with Crippen LogP contribution in [0.5, 0.6) is 0 Å². The van der Waals surface area contributed by atoms with Gasteiger partial charge in [0, 0.05) is 21.4 Å². The number of azo groups is 1. The predicted octanol–water partition coefficient (Wildman–Crippen LogP) is 6.75. The summed E-state index contributed by atoms with van der Waals surface area (Å²) in [5.41, 5.74) is 5.19. The highest BCUT2D eigenvalue weighted by Gasteiger charge is 2.19. The fraction of sp³-hybridized carbons (Fsp3) is 0.125.